The topological polar surface area (TPSA) is 75.6 Å². The van der Waals surface area contributed by atoms with E-state index >= 15 is 0 Å². The lowest BCUT2D eigenvalue weighted by atomic mass is 10.1. The van der Waals surface area contributed by atoms with Gasteiger partial charge in [-0.3, -0.25) is 4.79 Å². The minimum absolute atomic E-state index is 0.418. The molecule has 2 unspecified atom stereocenters. The van der Waals surface area contributed by atoms with E-state index in [4.69, 9.17) is 9.84 Å². The Hall–Kier alpha value is -2.04. The van der Waals surface area contributed by atoms with Crippen molar-refractivity contribution in [2.75, 3.05) is 0 Å². The lowest BCUT2D eigenvalue weighted by molar-refractivity contribution is -0.143. The Bertz CT molecular complexity index is 470. The number of carboxylic acid groups (broad SMARTS) is 1. The summed E-state index contributed by atoms with van der Waals surface area (Å²) in [7, 11) is 0. The second-order valence-electron chi connectivity index (χ2n) is 5.11. The maximum Gasteiger partial charge on any atom is 0.326 e. The number of carboxylic acids is 1. The van der Waals surface area contributed by atoms with Crippen LogP contribution in [0.15, 0.2) is 24.3 Å². The fourth-order valence-electron chi connectivity index (χ4n) is 1.83. The van der Waals surface area contributed by atoms with E-state index in [0.29, 0.717) is 12.2 Å². The smallest absolute Gasteiger partial charge is 0.326 e. The van der Waals surface area contributed by atoms with E-state index in [1.807, 2.05) is 26.0 Å². The first kappa shape index (κ1) is 17.0. The van der Waals surface area contributed by atoms with Gasteiger partial charge in [-0.25, -0.2) is 4.79 Å². The third-order valence-electron chi connectivity index (χ3n) is 3.16. The molecular weight excluding hydrogens is 270 g/mol. The van der Waals surface area contributed by atoms with Gasteiger partial charge in [0.1, 0.15) is 11.8 Å². The fraction of sp³-hybridized carbons (Fsp3) is 0.500. The highest BCUT2D eigenvalue weighted by Gasteiger charge is 2.23. The highest BCUT2D eigenvalue weighted by atomic mass is 16.5. The van der Waals surface area contributed by atoms with E-state index in [0.717, 1.165) is 18.4 Å². The molecule has 0 radical (unpaired) electrons. The van der Waals surface area contributed by atoms with E-state index < -0.39 is 24.0 Å². The number of rotatable bonds is 8. The summed E-state index contributed by atoms with van der Waals surface area (Å²) in [4.78, 5) is 23.1. The molecule has 116 valence electrons. The van der Waals surface area contributed by atoms with Crippen LogP contribution in [0.25, 0.3) is 0 Å². The normalized spacial score (nSPS) is 13.3. The predicted molar refractivity (Wildman–Crippen MR) is 80.4 cm³/mol. The standard InChI is InChI=1S/C16H23NO4/c1-4-5-6-14(16(19)20)17-15(18)12(3)21-13-9-7-11(2)8-10-13/h7-10,12,14H,4-6H2,1-3H3,(H,17,18)(H,19,20). The Morgan fingerprint density at radius 3 is 2.43 bits per heavy atom. The molecule has 1 rings (SSSR count). The van der Waals surface area contributed by atoms with Gasteiger partial charge in [0.05, 0.1) is 0 Å². The molecule has 0 fully saturated rings. The lowest BCUT2D eigenvalue weighted by Gasteiger charge is -2.18. The zero-order chi connectivity index (χ0) is 15.8. The van der Waals surface area contributed by atoms with Crippen molar-refractivity contribution in [2.45, 2.75) is 52.2 Å². The van der Waals surface area contributed by atoms with Crippen molar-refractivity contribution >= 4 is 11.9 Å². The molecular formula is C16H23NO4. The van der Waals surface area contributed by atoms with Crippen molar-refractivity contribution in [3.05, 3.63) is 29.8 Å². The summed E-state index contributed by atoms with van der Waals surface area (Å²) in [5.41, 5.74) is 1.10. The van der Waals surface area contributed by atoms with Crippen molar-refractivity contribution < 1.29 is 19.4 Å². The minimum atomic E-state index is -1.01. The van der Waals surface area contributed by atoms with E-state index in [2.05, 4.69) is 5.32 Å². The fourth-order valence-corrected chi connectivity index (χ4v) is 1.83. The number of ether oxygens (including phenoxy) is 1. The SMILES string of the molecule is CCCCC(NC(=O)C(C)Oc1ccc(C)cc1)C(=O)O. The van der Waals surface area contributed by atoms with Crippen molar-refractivity contribution in [1.29, 1.82) is 0 Å². The molecule has 1 amide bonds. The second-order valence-corrected chi connectivity index (χ2v) is 5.11. The summed E-state index contributed by atoms with van der Waals surface area (Å²) in [6.07, 6.45) is 1.32. The molecule has 0 saturated carbocycles. The Labute approximate surface area is 125 Å². The molecule has 2 atom stereocenters. The Morgan fingerprint density at radius 1 is 1.29 bits per heavy atom. The zero-order valence-electron chi connectivity index (χ0n) is 12.8. The number of aryl methyl sites for hydroxylation is 1. The van der Waals surface area contributed by atoms with Gasteiger partial charge in [0, 0.05) is 0 Å². The molecule has 0 aliphatic carbocycles. The largest absolute Gasteiger partial charge is 0.481 e. The Kier molecular flexibility index (Phi) is 6.72. The van der Waals surface area contributed by atoms with Crippen LogP contribution in [-0.2, 0) is 9.59 Å². The maximum atomic E-state index is 12.0. The molecule has 0 aliphatic heterocycles. The lowest BCUT2D eigenvalue weighted by Crippen LogP contribution is -2.46. The molecule has 0 heterocycles. The van der Waals surface area contributed by atoms with E-state index in [1.165, 1.54) is 0 Å². The van der Waals surface area contributed by atoms with Crippen LogP contribution in [0.5, 0.6) is 5.75 Å². The third kappa shape index (κ3) is 5.85. The number of unbranched alkanes of at least 4 members (excludes halogenated alkanes) is 1. The van der Waals surface area contributed by atoms with Crippen LogP contribution in [0.4, 0.5) is 0 Å². The summed E-state index contributed by atoms with van der Waals surface area (Å²) in [6, 6.07) is 6.49. The molecule has 21 heavy (non-hydrogen) atoms. The van der Waals surface area contributed by atoms with Gasteiger partial charge in [-0.1, -0.05) is 37.5 Å². The van der Waals surface area contributed by atoms with Crippen LogP contribution >= 0.6 is 0 Å². The monoisotopic (exact) mass is 293 g/mol. The molecule has 0 aromatic heterocycles. The van der Waals surface area contributed by atoms with Crippen LogP contribution < -0.4 is 10.1 Å². The summed E-state index contributed by atoms with van der Waals surface area (Å²) in [5, 5.41) is 11.6. The quantitative estimate of drug-likeness (QED) is 0.772. The number of hydrogen-bond acceptors (Lipinski definition) is 3. The number of carbonyl (C=O) groups excluding carboxylic acids is 1. The van der Waals surface area contributed by atoms with Gasteiger partial charge in [-0.15, -0.1) is 0 Å². The van der Waals surface area contributed by atoms with Crippen LogP contribution in [0.2, 0.25) is 0 Å². The van der Waals surface area contributed by atoms with Gasteiger partial charge >= 0.3 is 5.97 Å². The minimum Gasteiger partial charge on any atom is -0.481 e. The highest BCUT2D eigenvalue weighted by molar-refractivity contribution is 5.86. The average molecular weight is 293 g/mol. The van der Waals surface area contributed by atoms with Gasteiger partial charge in [-0.05, 0) is 32.4 Å². The molecule has 5 nitrogen and oxygen atoms in total. The highest BCUT2D eigenvalue weighted by Crippen LogP contribution is 2.13. The van der Waals surface area contributed by atoms with Crippen molar-refractivity contribution in [3.63, 3.8) is 0 Å². The van der Waals surface area contributed by atoms with E-state index in [1.54, 1.807) is 19.1 Å². The molecule has 5 heteroatoms. The molecule has 1 aromatic carbocycles. The summed E-state index contributed by atoms with van der Waals surface area (Å²) < 4.78 is 5.51. The van der Waals surface area contributed by atoms with Gasteiger partial charge in [0.15, 0.2) is 6.10 Å². The van der Waals surface area contributed by atoms with Crippen molar-refractivity contribution in [1.82, 2.24) is 5.32 Å². The van der Waals surface area contributed by atoms with E-state index in [-0.39, 0.29) is 0 Å². The third-order valence-corrected chi connectivity index (χ3v) is 3.16. The Balaban J connectivity index is 2.56. The maximum absolute atomic E-state index is 12.0. The van der Waals surface area contributed by atoms with Crippen LogP contribution in [0.3, 0.4) is 0 Å². The number of aliphatic carboxylic acids is 1. The molecule has 0 saturated heterocycles. The van der Waals surface area contributed by atoms with Gasteiger partial charge in [0.2, 0.25) is 0 Å². The summed E-state index contributed by atoms with van der Waals surface area (Å²) >= 11 is 0. The van der Waals surface area contributed by atoms with Crippen LogP contribution in [0, 0.1) is 6.92 Å². The van der Waals surface area contributed by atoms with Gasteiger partial charge in [-0.2, -0.15) is 0 Å². The van der Waals surface area contributed by atoms with Crippen molar-refractivity contribution in [2.24, 2.45) is 0 Å². The first-order valence-corrected chi connectivity index (χ1v) is 7.20. The second kappa shape index (κ2) is 8.29. The van der Waals surface area contributed by atoms with Crippen LogP contribution in [0.1, 0.15) is 38.7 Å². The Morgan fingerprint density at radius 2 is 1.90 bits per heavy atom. The first-order valence-electron chi connectivity index (χ1n) is 7.20. The summed E-state index contributed by atoms with van der Waals surface area (Å²) in [5.74, 6) is -0.845. The predicted octanol–water partition coefficient (Wildman–Crippen LogP) is 2.52. The average Bonchev–Trinajstić information content (AvgIpc) is 2.45. The molecule has 0 aliphatic rings. The molecule has 0 spiro atoms. The molecule has 2 N–H and O–H groups in total. The van der Waals surface area contributed by atoms with Gasteiger partial charge < -0.3 is 15.2 Å². The number of nitrogens with one attached hydrogen (secondary N) is 1. The zero-order valence-corrected chi connectivity index (χ0v) is 12.8. The first-order chi connectivity index (χ1) is 9.93. The number of benzene rings is 1. The molecule has 1 aromatic rings. The number of amides is 1. The molecule has 0 bridgehead atoms. The van der Waals surface area contributed by atoms with Crippen molar-refractivity contribution in [3.8, 4) is 5.75 Å². The van der Waals surface area contributed by atoms with E-state index in [9.17, 15) is 9.59 Å². The van der Waals surface area contributed by atoms with Gasteiger partial charge in [0.25, 0.3) is 5.91 Å². The number of hydrogen-bond donors (Lipinski definition) is 2. The van der Waals surface area contributed by atoms with Crippen LogP contribution in [-0.4, -0.2) is 29.1 Å². The number of carbonyl (C=O) groups is 2. The summed E-state index contributed by atoms with van der Waals surface area (Å²) in [6.45, 7) is 5.54.